The Morgan fingerprint density at radius 2 is 1.88 bits per heavy atom. The number of phosphoric ester groups is 1. The van der Waals surface area contributed by atoms with Crippen molar-refractivity contribution in [1.29, 1.82) is 0 Å². The number of ether oxygens (including phenoxy) is 2. The summed E-state index contributed by atoms with van der Waals surface area (Å²) in [4.78, 5) is 61.6. The molecule has 182 valence electrons. The second kappa shape index (κ2) is 10.3. The lowest BCUT2D eigenvalue weighted by molar-refractivity contribution is -0.0571. The Labute approximate surface area is 179 Å². The monoisotopic (exact) mass is 522 g/mol. The summed E-state index contributed by atoms with van der Waals surface area (Å²) < 4.78 is 58.0. The molecule has 19 heteroatoms. The number of rotatable bonds is 11. The first kappa shape index (κ1) is 27.0. The summed E-state index contributed by atoms with van der Waals surface area (Å²) in [6, 6.07) is 0. The standard InChI is InChI=1S/C13H21N2O14P3/c1-3-4-25-9-5-11(15-6-8(2)12(16)14-13(15)17)27-10(9)7-26-31(21,22)29-32(23,24)28-30(18,19)20/h3,6,9-11H,1,4-5,7H2,2H3,(H,21,22)(H,23,24)(H,14,16,17)(H2,18,19,20). The molecule has 1 fully saturated rings. The predicted molar refractivity (Wildman–Crippen MR) is 104 cm³/mol. The van der Waals surface area contributed by atoms with E-state index in [1.165, 1.54) is 19.2 Å². The summed E-state index contributed by atoms with van der Waals surface area (Å²) >= 11 is 0. The zero-order valence-corrected chi connectivity index (χ0v) is 19.1. The molecule has 5 atom stereocenters. The van der Waals surface area contributed by atoms with E-state index >= 15 is 0 Å². The normalized spacial score (nSPS) is 25.2. The highest BCUT2D eigenvalue weighted by atomic mass is 31.3. The van der Waals surface area contributed by atoms with Crippen molar-refractivity contribution in [3.8, 4) is 0 Å². The minimum absolute atomic E-state index is 0.0338. The number of hydrogen-bond donors (Lipinski definition) is 5. The number of aromatic amines is 1. The summed E-state index contributed by atoms with van der Waals surface area (Å²) in [7, 11) is -16.6. The summed E-state index contributed by atoms with van der Waals surface area (Å²) in [6.45, 7) is 4.21. The molecule has 2 rings (SSSR count). The fraction of sp³-hybridized carbons (Fsp3) is 0.538. The fourth-order valence-corrected chi connectivity index (χ4v) is 5.69. The van der Waals surface area contributed by atoms with E-state index in [0.717, 1.165) is 4.57 Å². The van der Waals surface area contributed by atoms with Gasteiger partial charge in [-0.05, 0) is 6.92 Å². The molecular formula is C13H21N2O14P3. The molecule has 1 aliphatic rings. The van der Waals surface area contributed by atoms with E-state index in [4.69, 9.17) is 19.3 Å². The van der Waals surface area contributed by atoms with E-state index in [1.807, 2.05) is 0 Å². The number of phosphoric acid groups is 3. The number of nitrogens with one attached hydrogen (secondary N) is 1. The van der Waals surface area contributed by atoms with Crippen LogP contribution in [0.1, 0.15) is 18.2 Å². The molecule has 0 aromatic carbocycles. The summed E-state index contributed by atoms with van der Waals surface area (Å²) in [5.41, 5.74) is -1.15. The minimum atomic E-state index is -5.67. The molecule has 1 saturated heterocycles. The number of aromatic nitrogens is 2. The van der Waals surface area contributed by atoms with Gasteiger partial charge >= 0.3 is 29.2 Å². The first-order valence-electron chi connectivity index (χ1n) is 8.61. The zero-order chi connectivity index (χ0) is 24.3. The van der Waals surface area contributed by atoms with Gasteiger partial charge in [0.1, 0.15) is 12.3 Å². The zero-order valence-electron chi connectivity index (χ0n) is 16.4. The van der Waals surface area contributed by atoms with Gasteiger partial charge in [-0.2, -0.15) is 8.62 Å². The maximum absolute atomic E-state index is 12.1. The van der Waals surface area contributed by atoms with Crippen LogP contribution in [0.3, 0.4) is 0 Å². The molecule has 2 heterocycles. The van der Waals surface area contributed by atoms with Crippen LogP contribution in [-0.4, -0.2) is 54.5 Å². The molecule has 0 spiro atoms. The Kier molecular flexibility index (Phi) is 8.73. The molecular weight excluding hydrogens is 501 g/mol. The van der Waals surface area contributed by atoms with Crippen molar-refractivity contribution in [2.24, 2.45) is 0 Å². The highest BCUT2D eigenvalue weighted by Gasteiger charge is 2.43. The molecule has 5 N–H and O–H groups in total. The molecule has 1 aliphatic heterocycles. The lowest BCUT2D eigenvalue weighted by Crippen LogP contribution is -2.33. The second-order valence-corrected chi connectivity index (χ2v) is 10.8. The third kappa shape index (κ3) is 7.96. The van der Waals surface area contributed by atoms with Gasteiger partial charge in [-0.25, -0.2) is 18.5 Å². The molecule has 0 saturated carbocycles. The Balaban J connectivity index is 2.13. The first-order chi connectivity index (χ1) is 14.6. The van der Waals surface area contributed by atoms with E-state index in [-0.39, 0.29) is 18.6 Å². The Hall–Kier alpha value is -1.25. The van der Waals surface area contributed by atoms with Crippen LogP contribution in [0.4, 0.5) is 0 Å². The second-order valence-electron chi connectivity index (χ2n) is 6.39. The van der Waals surface area contributed by atoms with Crippen LogP contribution < -0.4 is 11.2 Å². The van der Waals surface area contributed by atoms with Gasteiger partial charge in [-0.3, -0.25) is 18.9 Å². The quantitative estimate of drug-likeness (QED) is 0.191. The van der Waals surface area contributed by atoms with Crippen LogP contribution in [-0.2, 0) is 36.3 Å². The van der Waals surface area contributed by atoms with Crippen LogP contribution in [0.15, 0.2) is 28.4 Å². The van der Waals surface area contributed by atoms with Gasteiger partial charge in [0.05, 0.1) is 19.3 Å². The molecule has 1 aromatic rings. The smallest absolute Gasteiger partial charge is 0.371 e. The lowest BCUT2D eigenvalue weighted by Gasteiger charge is -2.21. The molecule has 1 aromatic heterocycles. The number of hydrogen-bond acceptors (Lipinski definition) is 10. The van der Waals surface area contributed by atoms with Gasteiger partial charge in [-0.15, -0.1) is 6.58 Å². The van der Waals surface area contributed by atoms with Gasteiger partial charge in [-0.1, -0.05) is 6.08 Å². The maximum atomic E-state index is 12.1. The van der Waals surface area contributed by atoms with E-state index in [2.05, 4.69) is 24.7 Å². The third-order valence-corrected chi connectivity index (χ3v) is 7.69. The first-order valence-corrected chi connectivity index (χ1v) is 13.1. The summed E-state index contributed by atoms with van der Waals surface area (Å²) in [5.74, 6) is 0. The van der Waals surface area contributed by atoms with Crippen molar-refractivity contribution in [1.82, 2.24) is 9.55 Å². The van der Waals surface area contributed by atoms with Crippen LogP contribution >= 0.6 is 23.5 Å². The van der Waals surface area contributed by atoms with Crippen LogP contribution in [0.5, 0.6) is 0 Å². The molecule has 16 nitrogen and oxygen atoms in total. The highest BCUT2D eigenvalue weighted by molar-refractivity contribution is 7.66. The van der Waals surface area contributed by atoms with Gasteiger partial charge < -0.3 is 29.0 Å². The lowest BCUT2D eigenvalue weighted by atomic mass is 10.2. The van der Waals surface area contributed by atoms with Crippen molar-refractivity contribution in [3.05, 3.63) is 45.3 Å². The van der Waals surface area contributed by atoms with Crippen molar-refractivity contribution < 1.29 is 55.9 Å². The van der Waals surface area contributed by atoms with Crippen molar-refractivity contribution in [3.63, 3.8) is 0 Å². The van der Waals surface area contributed by atoms with Crippen molar-refractivity contribution in [2.45, 2.75) is 31.8 Å². The van der Waals surface area contributed by atoms with Gasteiger partial charge in [0.25, 0.3) is 5.56 Å². The average Bonchev–Trinajstić information content (AvgIpc) is 3.01. The van der Waals surface area contributed by atoms with Crippen molar-refractivity contribution >= 4 is 23.5 Å². The van der Waals surface area contributed by atoms with E-state index in [9.17, 15) is 33.1 Å². The van der Waals surface area contributed by atoms with Crippen molar-refractivity contribution in [2.75, 3.05) is 13.2 Å². The molecule has 0 bridgehead atoms. The highest BCUT2D eigenvalue weighted by Crippen LogP contribution is 2.66. The Morgan fingerprint density at radius 1 is 1.22 bits per heavy atom. The van der Waals surface area contributed by atoms with Gasteiger partial charge in [0.15, 0.2) is 0 Å². The van der Waals surface area contributed by atoms with Crippen LogP contribution in [0, 0.1) is 6.92 Å². The number of nitrogens with zero attached hydrogens (tertiary/aromatic N) is 1. The molecule has 5 unspecified atom stereocenters. The molecule has 0 aliphatic carbocycles. The topological polar surface area (TPSA) is 233 Å². The third-order valence-electron chi connectivity index (χ3n) is 3.88. The number of H-pyrrole nitrogens is 1. The summed E-state index contributed by atoms with van der Waals surface area (Å²) in [5, 5.41) is 0. The van der Waals surface area contributed by atoms with E-state index in [1.54, 1.807) is 0 Å². The minimum Gasteiger partial charge on any atom is -0.371 e. The van der Waals surface area contributed by atoms with Gasteiger partial charge in [0, 0.05) is 18.2 Å². The van der Waals surface area contributed by atoms with Crippen LogP contribution in [0.2, 0.25) is 0 Å². The Morgan fingerprint density at radius 3 is 2.47 bits per heavy atom. The Bertz CT molecular complexity index is 1090. The molecule has 0 amide bonds. The molecule has 32 heavy (non-hydrogen) atoms. The average molecular weight is 522 g/mol. The predicted octanol–water partition coefficient (Wildman–Crippen LogP) is 0.0470. The van der Waals surface area contributed by atoms with Gasteiger partial charge in [0.2, 0.25) is 0 Å². The molecule has 0 radical (unpaired) electrons. The van der Waals surface area contributed by atoms with E-state index in [0.29, 0.717) is 0 Å². The maximum Gasteiger partial charge on any atom is 0.490 e. The van der Waals surface area contributed by atoms with Crippen LogP contribution in [0.25, 0.3) is 0 Å². The number of aryl methyl sites for hydroxylation is 1. The SMILES string of the molecule is C=CCOC1CC(n2cc(C)c(=O)[nH]c2=O)OC1COP(=O)(O)OP(=O)(O)OP(=O)(O)O. The summed E-state index contributed by atoms with van der Waals surface area (Å²) in [6.07, 6.45) is -0.191. The fourth-order valence-electron chi connectivity index (χ4n) is 2.66. The van der Waals surface area contributed by atoms with E-state index < -0.39 is 59.8 Å². The largest absolute Gasteiger partial charge is 0.490 e.